The number of nitrogens with one attached hydrogen (secondary N) is 1. The Bertz CT molecular complexity index is 330. The third-order valence-electron chi connectivity index (χ3n) is 1.56. The molecule has 0 saturated carbocycles. The molecule has 0 aliphatic carbocycles. The Morgan fingerprint density at radius 1 is 1.86 bits per heavy atom. The van der Waals surface area contributed by atoms with Gasteiger partial charge in [-0.25, -0.2) is 10.2 Å². The molecule has 14 heavy (non-hydrogen) atoms. The van der Waals surface area contributed by atoms with Gasteiger partial charge in [0.1, 0.15) is 0 Å². The molecular formula is C8H13N5O. The summed E-state index contributed by atoms with van der Waals surface area (Å²) in [5, 5.41) is 7.73. The van der Waals surface area contributed by atoms with Crippen molar-refractivity contribution < 1.29 is 4.79 Å². The number of hydrogen-bond donors (Lipinski definition) is 2. The number of aromatic nitrogens is 2. The van der Waals surface area contributed by atoms with Crippen LogP contribution < -0.4 is 11.2 Å². The Hall–Kier alpha value is -1.85. The van der Waals surface area contributed by atoms with Crippen LogP contribution in [0.4, 0.5) is 4.79 Å². The van der Waals surface area contributed by atoms with Crippen molar-refractivity contribution in [3.63, 3.8) is 0 Å². The van der Waals surface area contributed by atoms with Gasteiger partial charge in [0.2, 0.25) is 0 Å². The number of primary amides is 1. The number of rotatable bonds is 4. The van der Waals surface area contributed by atoms with Crippen LogP contribution in [0, 0.1) is 0 Å². The fraction of sp³-hybridized carbons (Fsp3) is 0.375. The molecule has 0 aromatic carbocycles. The van der Waals surface area contributed by atoms with Gasteiger partial charge in [-0.05, 0) is 12.5 Å². The van der Waals surface area contributed by atoms with Gasteiger partial charge in [0, 0.05) is 12.7 Å². The minimum absolute atomic E-state index is 0.678. The lowest BCUT2D eigenvalue weighted by Crippen LogP contribution is -2.24. The fourth-order valence-corrected chi connectivity index (χ4v) is 1.01. The molecule has 0 unspecified atom stereocenters. The van der Waals surface area contributed by atoms with Crippen LogP contribution in [0.25, 0.3) is 0 Å². The molecule has 0 fully saturated rings. The zero-order valence-corrected chi connectivity index (χ0v) is 7.97. The first-order valence-electron chi connectivity index (χ1n) is 4.34. The number of hydrogen-bond acceptors (Lipinski definition) is 3. The van der Waals surface area contributed by atoms with E-state index in [9.17, 15) is 4.79 Å². The summed E-state index contributed by atoms with van der Waals surface area (Å²) in [6.45, 7) is 2.88. The van der Waals surface area contributed by atoms with Gasteiger partial charge in [0.05, 0.1) is 11.9 Å². The number of urea groups is 1. The van der Waals surface area contributed by atoms with Crippen LogP contribution in [0.15, 0.2) is 17.4 Å². The first-order valence-corrected chi connectivity index (χ1v) is 4.34. The van der Waals surface area contributed by atoms with E-state index in [-0.39, 0.29) is 0 Å². The number of carbonyl (C=O) groups excluding carboxylic acids is 1. The number of amides is 2. The highest BCUT2D eigenvalue weighted by Gasteiger charge is 1.97. The van der Waals surface area contributed by atoms with Crippen molar-refractivity contribution in [2.24, 2.45) is 10.8 Å². The molecule has 0 radical (unpaired) electrons. The number of carbonyl (C=O) groups is 1. The Kier molecular flexibility index (Phi) is 3.66. The standard InChI is InChI=1S/C8H13N5O/c1-2-5-13-7(3-4-11-13)6-10-12-8(9)14/h3-4,6H,2,5H2,1H3,(H3,9,12,14)/b10-6+. The molecule has 1 aromatic rings. The smallest absolute Gasteiger partial charge is 0.332 e. The quantitative estimate of drug-likeness (QED) is 0.534. The summed E-state index contributed by atoms with van der Waals surface area (Å²) in [6, 6.07) is 1.13. The molecule has 0 bridgehead atoms. The van der Waals surface area contributed by atoms with Gasteiger partial charge in [-0.2, -0.15) is 10.2 Å². The van der Waals surface area contributed by atoms with Gasteiger partial charge in [-0.1, -0.05) is 6.92 Å². The summed E-state index contributed by atoms with van der Waals surface area (Å²) in [5.41, 5.74) is 7.80. The molecule has 0 atom stereocenters. The van der Waals surface area contributed by atoms with Gasteiger partial charge >= 0.3 is 6.03 Å². The Balaban J connectivity index is 2.61. The maximum absolute atomic E-state index is 10.3. The Morgan fingerprint density at radius 2 is 2.64 bits per heavy atom. The predicted molar refractivity (Wildman–Crippen MR) is 52.8 cm³/mol. The second-order valence-electron chi connectivity index (χ2n) is 2.71. The van der Waals surface area contributed by atoms with Gasteiger partial charge in [0.15, 0.2) is 0 Å². The van der Waals surface area contributed by atoms with Crippen molar-refractivity contribution in [1.29, 1.82) is 0 Å². The third kappa shape index (κ3) is 2.89. The van der Waals surface area contributed by atoms with Gasteiger partial charge in [-0.15, -0.1) is 0 Å². The molecule has 1 heterocycles. The molecule has 0 saturated heterocycles. The SMILES string of the molecule is CCCn1nccc1/C=N/NC(N)=O. The fourth-order valence-electron chi connectivity index (χ4n) is 1.01. The molecule has 6 heteroatoms. The Labute approximate surface area is 81.8 Å². The average molecular weight is 195 g/mol. The summed E-state index contributed by atoms with van der Waals surface area (Å²) in [7, 11) is 0. The van der Waals surface area contributed by atoms with E-state index in [0.29, 0.717) is 0 Å². The summed E-state index contributed by atoms with van der Waals surface area (Å²) in [4.78, 5) is 10.3. The summed E-state index contributed by atoms with van der Waals surface area (Å²) in [5.74, 6) is 0. The van der Waals surface area contributed by atoms with Crippen LogP contribution in [0.3, 0.4) is 0 Å². The average Bonchev–Trinajstić information content (AvgIpc) is 2.53. The molecule has 6 nitrogen and oxygen atoms in total. The first kappa shape index (κ1) is 10.2. The monoisotopic (exact) mass is 195 g/mol. The van der Waals surface area contributed by atoms with E-state index in [1.54, 1.807) is 10.9 Å². The second kappa shape index (κ2) is 5.00. The molecule has 1 aromatic heterocycles. The van der Waals surface area contributed by atoms with E-state index in [0.717, 1.165) is 18.7 Å². The van der Waals surface area contributed by atoms with Gasteiger partial charge in [0.25, 0.3) is 0 Å². The maximum atomic E-state index is 10.3. The number of aryl methyl sites for hydroxylation is 1. The summed E-state index contributed by atoms with van der Waals surface area (Å²) in [6.07, 6.45) is 4.18. The van der Waals surface area contributed by atoms with Crippen LogP contribution in [0.1, 0.15) is 19.0 Å². The van der Waals surface area contributed by atoms with E-state index in [4.69, 9.17) is 5.73 Å². The van der Waals surface area contributed by atoms with E-state index in [1.807, 2.05) is 6.07 Å². The van der Waals surface area contributed by atoms with Crippen molar-refractivity contribution >= 4 is 12.2 Å². The predicted octanol–water partition coefficient (Wildman–Crippen LogP) is 0.295. The topological polar surface area (TPSA) is 85.3 Å². The van der Waals surface area contributed by atoms with Crippen LogP contribution in [0.5, 0.6) is 0 Å². The highest BCUT2D eigenvalue weighted by atomic mass is 16.2. The van der Waals surface area contributed by atoms with Crippen LogP contribution >= 0.6 is 0 Å². The van der Waals surface area contributed by atoms with Crippen molar-refractivity contribution in [3.8, 4) is 0 Å². The molecule has 1 rings (SSSR count). The minimum Gasteiger partial charge on any atom is -0.350 e. The van der Waals surface area contributed by atoms with Gasteiger partial charge in [-0.3, -0.25) is 4.68 Å². The highest BCUT2D eigenvalue weighted by Crippen LogP contribution is 1.96. The lowest BCUT2D eigenvalue weighted by Gasteiger charge is -2.00. The second-order valence-corrected chi connectivity index (χ2v) is 2.71. The number of hydrazone groups is 1. The van der Waals surface area contributed by atoms with Crippen LogP contribution in [-0.2, 0) is 6.54 Å². The van der Waals surface area contributed by atoms with E-state index in [1.165, 1.54) is 6.21 Å². The van der Waals surface area contributed by atoms with Crippen molar-refractivity contribution in [2.45, 2.75) is 19.9 Å². The van der Waals surface area contributed by atoms with Crippen molar-refractivity contribution in [2.75, 3.05) is 0 Å². The molecule has 0 spiro atoms. The van der Waals surface area contributed by atoms with Gasteiger partial charge < -0.3 is 5.73 Å². The van der Waals surface area contributed by atoms with Crippen molar-refractivity contribution in [1.82, 2.24) is 15.2 Å². The molecule has 76 valence electrons. The zero-order valence-electron chi connectivity index (χ0n) is 7.97. The van der Waals surface area contributed by atoms with E-state index in [2.05, 4.69) is 22.5 Å². The molecular weight excluding hydrogens is 182 g/mol. The number of nitrogens with zero attached hydrogens (tertiary/aromatic N) is 3. The Morgan fingerprint density at radius 3 is 3.29 bits per heavy atom. The maximum Gasteiger partial charge on any atom is 0.332 e. The minimum atomic E-state index is -0.678. The normalized spacial score (nSPS) is 10.6. The van der Waals surface area contributed by atoms with Crippen molar-refractivity contribution in [3.05, 3.63) is 18.0 Å². The largest absolute Gasteiger partial charge is 0.350 e. The van der Waals surface area contributed by atoms with Crippen LogP contribution in [0.2, 0.25) is 0 Å². The first-order chi connectivity index (χ1) is 6.74. The molecule has 0 aliphatic heterocycles. The number of nitrogens with two attached hydrogens (primary N) is 1. The highest BCUT2D eigenvalue weighted by molar-refractivity contribution is 5.79. The summed E-state index contributed by atoms with van der Waals surface area (Å²) >= 11 is 0. The van der Waals surface area contributed by atoms with E-state index < -0.39 is 6.03 Å². The molecule has 2 amide bonds. The third-order valence-corrected chi connectivity index (χ3v) is 1.56. The molecule has 3 N–H and O–H groups in total. The molecule has 0 aliphatic rings. The van der Waals surface area contributed by atoms with Crippen LogP contribution in [-0.4, -0.2) is 22.0 Å². The summed E-state index contributed by atoms with van der Waals surface area (Å²) < 4.78 is 1.80. The van der Waals surface area contributed by atoms with E-state index >= 15 is 0 Å². The lowest BCUT2D eigenvalue weighted by atomic mass is 10.4. The lowest BCUT2D eigenvalue weighted by molar-refractivity contribution is 0.249. The zero-order chi connectivity index (χ0) is 10.4.